The highest BCUT2D eigenvalue weighted by molar-refractivity contribution is 6.31. The van der Waals surface area contributed by atoms with Crippen molar-refractivity contribution < 1.29 is 23.9 Å². The lowest BCUT2D eigenvalue weighted by Crippen LogP contribution is -2.38. The Bertz CT molecular complexity index is 518. The minimum Gasteiger partial charge on any atom is -0.493 e. The van der Waals surface area contributed by atoms with Crippen molar-refractivity contribution in [2.45, 2.75) is 0 Å². The Morgan fingerprint density at radius 3 is 2.68 bits per heavy atom. The maximum atomic E-state index is 11.2. The van der Waals surface area contributed by atoms with Crippen LogP contribution >= 0.6 is 11.6 Å². The van der Waals surface area contributed by atoms with Crippen molar-refractivity contribution >= 4 is 29.8 Å². The van der Waals surface area contributed by atoms with E-state index in [2.05, 4.69) is 0 Å². The van der Waals surface area contributed by atoms with Gasteiger partial charge in [-0.05, 0) is 6.07 Å². The zero-order valence-corrected chi connectivity index (χ0v) is 10.7. The van der Waals surface area contributed by atoms with E-state index in [1.807, 2.05) is 5.32 Å². The summed E-state index contributed by atoms with van der Waals surface area (Å²) in [6, 6.07) is 1.79. The SMILES string of the molecule is COc1cc(Cl)cc(C=O)c1OCC(=O)NC(N)=O. The first-order valence-electron chi connectivity index (χ1n) is 5.02. The van der Waals surface area contributed by atoms with Crippen molar-refractivity contribution in [1.29, 1.82) is 0 Å². The number of urea groups is 1. The topological polar surface area (TPSA) is 108 Å². The number of halogens is 1. The molecule has 0 saturated carbocycles. The van der Waals surface area contributed by atoms with E-state index >= 15 is 0 Å². The molecule has 0 bridgehead atoms. The fourth-order valence-corrected chi connectivity index (χ4v) is 1.51. The van der Waals surface area contributed by atoms with Gasteiger partial charge in [0.2, 0.25) is 0 Å². The van der Waals surface area contributed by atoms with Gasteiger partial charge in [0.15, 0.2) is 24.4 Å². The largest absolute Gasteiger partial charge is 0.493 e. The van der Waals surface area contributed by atoms with Gasteiger partial charge in [0.05, 0.1) is 12.7 Å². The number of nitrogens with one attached hydrogen (secondary N) is 1. The molecule has 0 aromatic heterocycles. The van der Waals surface area contributed by atoms with E-state index in [0.29, 0.717) is 6.29 Å². The van der Waals surface area contributed by atoms with Crippen LogP contribution in [0.4, 0.5) is 4.79 Å². The van der Waals surface area contributed by atoms with Gasteiger partial charge in [-0.15, -0.1) is 0 Å². The number of aldehydes is 1. The first kappa shape index (κ1) is 14.8. The molecule has 19 heavy (non-hydrogen) atoms. The summed E-state index contributed by atoms with van der Waals surface area (Å²) < 4.78 is 10.1. The highest BCUT2D eigenvalue weighted by Crippen LogP contribution is 2.33. The zero-order valence-electron chi connectivity index (χ0n) is 9.94. The third kappa shape index (κ3) is 4.14. The smallest absolute Gasteiger partial charge is 0.318 e. The Hall–Kier alpha value is -2.28. The zero-order chi connectivity index (χ0) is 14.4. The number of carbonyl (C=O) groups is 3. The molecule has 1 aromatic carbocycles. The van der Waals surface area contributed by atoms with Crippen molar-refractivity contribution in [3.05, 3.63) is 22.7 Å². The quantitative estimate of drug-likeness (QED) is 0.776. The van der Waals surface area contributed by atoms with Gasteiger partial charge in [-0.3, -0.25) is 14.9 Å². The van der Waals surface area contributed by atoms with E-state index in [-0.39, 0.29) is 22.1 Å². The van der Waals surface area contributed by atoms with Crippen LogP contribution in [0.15, 0.2) is 12.1 Å². The van der Waals surface area contributed by atoms with Crippen LogP contribution in [0.25, 0.3) is 0 Å². The average Bonchev–Trinajstić information content (AvgIpc) is 2.35. The molecular weight excluding hydrogens is 276 g/mol. The molecule has 0 saturated heterocycles. The van der Waals surface area contributed by atoms with Gasteiger partial charge in [0.25, 0.3) is 5.91 Å². The minimum atomic E-state index is -0.993. The Morgan fingerprint density at radius 1 is 1.47 bits per heavy atom. The molecule has 7 nitrogen and oxygen atoms in total. The number of hydrogen-bond donors (Lipinski definition) is 2. The van der Waals surface area contributed by atoms with Crippen LogP contribution in [0.2, 0.25) is 5.02 Å². The lowest BCUT2D eigenvalue weighted by Gasteiger charge is -2.12. The third-order valence-electron chi connectivity index (χ3n) is 2.01. The predicted molar refractivity (Wildman–Crippen MR) is 66.6 cm³/mol. The van der Waals surface area contributed by atoms with Crippen LogP contribution < -0.4 is 20.5 Å². The van der Waals surface area contributed by atoms with Crippen LogP contribution in [0, 0.1) is 0 Å². The summed E-state index contributed by atoms with van der Waals surface area (Å²) in [7, 11) is 1.36. The van der Waals surface area contributed by atoms with E-state index in [1.54, 1.807) is 0 Å². The molecule has 3 amide bonds. The third-order valence-corrected chi connectivity index (χ3v) is 2.22. The number of ether oxygens (including phenoxy) is 2. The van der Waals surface area contributed by atoms with Crippen molar-refractivity contribution in [1.82, 2.24) is 5.32 Å². The van der Waals surface area contributed by atoms with Gasteiger partial charge < -0.3 is 15.2 Å². The van der Waals surface area contributed by atoms with Crippen LogP contribution in [-0.4, -0.2) is 31.9 Å². The highest BCUT2D eigenvalue weighted by Gasteiger charge is 2.14. The van der Waals surface area contributed by atoms with Gasteiger partial charge >= 0.3 is 6.03 Å². The van der Waals surface area contributed by atoms with E-state index in [1.165, 1.54) is 19.2 Å². The first-order chi connectivity index (χ1) is 8.97. The minimum absolute atomic E-state index is 0.0570. The van der Waals surface area contributed by atoms with Crippen molar-refractivity contribution in [3.8, 4) is 11.5 Å². The molecule has 0 aliphatic rings. The second-order valence-electron chi connectivity index (χ2n) is 3.35. The predicted octanol–water partition coefficient (Wildman–Crippen LogP) is 0.735. The van der Waals surface area contributed by atoms with Crippen LogP contribution in [0.5, 0.6) is 11.5 Å². The number of carbonyl (C=O) groups excluding carboxylic acids is 3. The molecular formula is C11H11ClN2O5. The van der Waals surface area contributed by atoms with E-state index in [0.717, 1.165) is 0 Å². The number of hydrogen-bond acceptors (Lipinski definition) is 5. The molecule has 0 radical (unpaired) electrons. The maximum absolute atomic E-state index is 11.2. The monoisotopic (exact) mass is 286 g/mol. The molecule has 102 valence electrons. The summed E-state index contributed by atoms with van der Waals surface area (Å²) in [5.41, 5.74) is 4.89. The molecule has 3 N–H and O–H groups in total. The highest BCUT2D eigenvalue weighted by atomic mass is 35.5. The average molecular weight is 287 g/mol. The Labute approximate surface area is 113 Å². The van der Waals surface area contributed by atoms with E-state index in [4.69, 9.17) is 26.8 Å². The molecule has 1 rings (SSSR count). The van der Waals surface area contributed by atoms with Gasteiger partial charge in [-0.25, -0.2) is 4.79 Å². The summed E-state index contributed by atoms with van der Waals surface area (Å²) >= 11 is 5.78. The van der Waals surface area contributed by atoms with Gasteiger partial charge in [-0.1, -0.05) is 11.6 Å². The Balaban J connectivity index is 2.90. The van der Waals surface area contributed by atoms with Crippen LogP contribution in [-0.2, 0) is 4.79 Å². The number of imide groups is 1. The lowest BCUT2D eigenvalue weighted by molar-refractivity contribution is -0.121. The number of benzene rings is 1. The Kier molecular flexibility index (Phi) is 5.13. The molecule has 0 spiro atoms. The molecule has 0 fully saturated rings. The van der Waals surface area contributed by atoms with Crippen molar-refractivity contribution in [2.75, 3.05) is 13.7 Å². The van der Waals surface area contributed by atoms with Gasteiger partial charge in [-0.2, -0.15) is 0 Å². The number of amides is 3. The molecule has 0 aliphatic carbocycles. The number of primary amides is 1. The summed E-state index contributed by atoms with van der Waals surface area (Å²) in [5, 5.41) is 2.10. The van der Waals surface area contributed by atoms with Crippen LogP contribution in [0.1, 0.15) is 10.4 Å². The lowest BCUT2D eigenvalue weighted by atomic mass is 10.2. The first-order valence-corrected chi connectivity index (χ1v) is 5.40. The summed E-state index contributed by atoms with van der Waals surface area (Å²) in [4.78, 5) is 32.6. The van der Waals surface area contributed by atoms with Gasteiger partial charge in [0.1, 0.15) is 0 Å². The fourth-order valence-electron chi connectivity index (χ4n) is 1.29. The summed E-state index contributed by atoms with van der Waals surface area (Å²) in [6.45, 7) is -0.498. The number of nitrogens with two attached hydrogens (primary N) is 1. The number of rotatable bonds is 5. The maximum Gasteiger partial charge on any atom is 0.318 e. The van der Waals surface area contributed by atoms with Crippen LogP contribution in [0.3, 0.4) is 0 Å². The van der Waals surface area contributed by atoms with Crippen molar-refractivity contribution in [2.24, 2.45) is 5.73 Å². The second-order valence-corrected chi connectivity index (χ2v) is 3.78. The molecule has 0 atom stereocenters. The van der Waals surface area contributed by atoms with Crippen molar-refractivity contribution in [3.63, 3.8) is 0 Å². The van der Waals surface area contributed by atoms with E-state index in [9.17, 15) is 14.4 Å². The normalized spacial score (nSPS) is 9.58. The summed E-state index contributed by atoms with van der Waals surface area (Å²) in [5.74, 6) is -0.496. The molecule has 8 heteroatoms. The molecule has 1 aromatic rings. The molecule has 0 heterocycles. The fraction of sp³-hybridized carbons (Fsp3) is 0.182. The molecule has 0 unspecified atom stereocenters. The molecule has 0 aliphatic heterocycles. The second kappa shape index (κ2) is 6.60. The van der Waals surface area contributed by atoms with Gasteiger partial charge in [0, 0.05) is 11.1 Å². The summed E-state index contributed by atoms with van der Waals surface area (Å²) in [6.07, 6.45) is 0.510. The number of methoxy groups -OCH3 is 1. The Morgan fingerprint density at radius 2 is 2.16 bits per heavy atom. The standard InChI is InChI=1S/C11H11ClN2O5/c1-18-8-3-7(12)2-6(4-15)10(8)19-5-9(16)14-11(13)17/h2-4H,5H2,1H3,(H3,13,14,16,17). The van der Waals surface area contributed by atoms with E-state index < -0.39 is 18.5 Å².